The van der Waals surface area contributed by atoms with Crippen molar-refractivity contribution in [2.24, 2.45) is 0 Å². The molecule has 2 aliphatic heterocycles. The Labute approximate surface area is 132 Å². The molecule has 0 bridgehead atoms. The molecule has 2 radical (unpaired) electrons. The molecule has 2 amide bonds. The molecule has 1 saturated heterocycles. The molecule has 1 aromatic carbocycles. The van der Waals surface area contributed by atoms with Crippen molar-refractivity contribution in [2.45, 2.75) is 32.7 Å². The van der Waals surface area contributed by atoms with Crippen molar-refractivity contribution in [3.05, 3.63) is 30.6 Å². The molecular weight excluding hydrogens is 277 g/mol. The van der Waals surface area contributed by atoms with Crippen LogP contribution in [0.4, 0.5) is 11.4 Å². The number of benzene rings is 1. The lowest BCUT2D eigenvalue weighted by atomic mass is 9.95. The number of imide groups is 1. The summed E-state index contributed by atoms with van der Waals surface area (Å²) >= 11 is 0. The van der Waals surface area contributed by atoms with E-state index in [1.165, 1.54) is 0 Å². The molecule has 114 valence electrons. The van der Waals surface area contributed by atoms with E-state index in [0.29, 0.717) is 24.1 Å². The number of rotatable bonds is 1. The highest BCUT2D eigenvalue weighted by Crippen LogP contribution is 2.41. The first-order valence-electron chi connectivity index (χ1n) is 7.44. The number of nitrogens with zero attached hydrogens (tertiary/aromatic N) is 2. The summed E-state index contributed by atoms with van der Waals surface area (Å²) in [6.07, 6.45) is 0.829. The van der Waals surface area contributed by atoms with Gasteiger partial charge in [-0.15, -0.1) is 0 Å². The van der Waals surface area contributed by atoms with Crippen LogP contribution in [0.25, 0.3) is 0 Å². The van der Waals surface area contributed by atoms with Gasteiger partial charge < -0.3 is 9.80 Å². The summed E-state index contributed by atoms with van der Waals surface area (Å²) in [4.78, 5) is 27.1. The lowest BCUT2D eigenvalue weighted by Crippen LogP contribution is -2.52. The van der Waals surface area contributed by atoms with Crippen molar-refractivity contribution in [1.82, 2.24) is 5.32 Å². The van der Waals surface area contributed by atoms with Crippen LogP contribution >= 0.6 is 0 Å². The Morgan fingerprint density at radius 3 is 2.59 bits per heavy atom. The van der Waals surface area contributed by atoms with Crippen LogP contribution in [0.15, 0.2) is 30.6 Å². The van der Waals surface area contributed by atoms with Gasteiger partial charge in [-0.05, 0) is 18.6 Å². The Morgan fingerprint density at radius 2 is 1.95 bits per heavy atom. The third-order valence-corrected chi connectivity index (χ3v) is 3.81. The third kappa shape index (κ3) is 2.61. The monoisotopic (exact) mass is 297 g/mol. The molecule has 2 heterocycles. The minimum Gasteiger partial charge on any atom is -0.330 e. The summed E-state index contributed by atoms with van der Waals surface area (Å²) in [5.41, 5.74) is 2.47. The highest BCUT2D eigenvalue weighted by molar-refractivity contribution is 6.33. The average molecular weight is 297 g/mol. The molecule has 6 heteroatoms. The number of fused-ring (bicyclic) bond motifs is 1. The second-order valence-corrected chi connectivity index (χ2v) is 5.06. The summed E-state index contributed by atoms with van der Waals surface area (Å²) in [5, 5.41) is 2.38. The van der Waals surface area contributed by atoms with Crippen LogP contribution in [-0.2, 0) is 9.59 Å². The van der Waals surface area contributed by atoms with Crippen molar-refractivity contribution in [3.63, 3.8) is 0 Å². The predicted molar refractivity (Wildman–Crippen MR) is 89.4 cm³/mol. The van der Waals surface area contributed by atoms with Crippen molar-refractivity contribution >= 4 is 36.5 Å². The Kier molecular flexibility index (Phi) is 4.59. The number of piperidine rings is 1. The Bertz CT molecular complexity index is 630. The number of hydrogen-bond donors (Lipinski definition) is 1. The largest absolute Gasteiger partial charge is 0.330 e. The van der Waals surface area contributed by atoms with Crippen LogP contribution in [0.5, 0.6) is 0 Å². The van der Waals surface area contributed by atoms with Gasteiger partial charge in [-0.3, -0.25) is 14.9 Å². The second-order valence-electron chi connectivity index (χ2n) is 5.06. The van der Waals surface area contributed by atoms with Gasteiger partial charge in [0.2, 0.25) is 11.8 Å². The topological polar surface area (TPSA) is 52.6 Å². The van der Waals surface area contributed by atoms with E-state index in [9.17, 15) is 9.59 Å². The summed E-state index contributed by atoms with van der Waals surface area (Å²) in [7, 11) is 7.69. The van der Waals surface area contributed by atoms with E-state index in [1.54, 1.807) is 6.07 Å². The normalized spacial score (nSPS) is 20.3. The van der Waals surface area contributed by atoms with Crippen LogP contribution < -0.4 is 20.6 Å². The smallest absolute Gasteiger partial charge is 0.249 e. The fraction of sp³-hybridized carbons (Fsp3) is 0.375. The third-order valence-electron chi connectivity index (χ3n) is 3.81. The lowest BCUT2D eigenvalue weighted by molar-refractivity contribution is -0.134. The number of amides is 2. The van der Waals surface area contributed by atoms with E-state index in [2.05, 4.69) is 11.9 Å². The zero-order valence-corrected chi connectivity index (χ0v) is 13.2. The van der Waals surface area contributed by atoms with Crippen LogP contribution in [0.1, 0.15) is 26.7 Å². The first-order valence-corrected chi connectivity index (χ1v) is 7.44. The first kappa shape index (κ1) is 16.1. The van der Waals surface area contributed by atoms with Gasteiger partial charge in [0.15, 0.2) is 0 Å². The maximum absolute atomic E-state index is 12.1. The summed E-state index contributed by atoms with van der Waals surface area (Å²) in [6.45, 7) is 8.04. The Balaban J connectivity index is 0.000000847. The van der Waals surface area contributed by atoms with E-state index in [0.717, 1.165) is 11.4 Å². The maximum Gasteiger partial charge on any atom is 0.249 e. The molecule has 1 fully saturated rings. The predicted octanol–water partition coefficient (Wildman–Crippen LogP) is 1.04. The summed E-state index contributed by atoms with van der Waals surface area (Å²) in [6, 6.07) is 5.12. The standard InChI is InChI=1S/C14H14BN3O2.C2H6/c1-8-17(2)12-7-9(15)3-4-10(12)18(8)11-5-6-13(19)16-14(11)20;1-2/h3-4,7,11H,1,5-6H2,2H3,(H,16,19,20);1-2H3. The minimum atomic E-state index is -0.410. The van der Waals surface area contributed by atoms with Gasteiger partial charge in [-0.25, -0.2) is 0 Å². The van der Waals surface area contributed by atoms with E-state index in [4.69, 9.17) is 7.85 Å². The fourth-order valence-corrected chi connectivity index (χ4v) is 2.73. The first-order chi connectivity index (χ1) is 10.5. The molecule has 1 unspecified atom stereocenters. The zero-order valence-electron chi connectivity index (χ0n) is 13.2. The second kappa shape index (κ2) is 6.26. The molecule has 0 aliphatic carbocycles. The highest BCUT2D eigenvalue weighted by Gasteiger charge is 2.38. The molecule has 5 nitrogen and oxygen atoms in total. The molecule has 22 heavy (non-hydrogen) atoms. The Morgan fingerprint density at radius 1 is 1.27 bits per heavy atom. The highest BCUT2D eigenvalue weighted by atomic mass is 16.2. The molecule has 0 aromatic heterocycles. The van der Waals surface area contributed by atoms with Crippen LogP contribution in [-0.4, -0.2) is 32.8 Å². The molecule has 0 saturated carbocycles. The Hall–Kier alpha value is -2.24. The summed E-state index contributed by atoms with van der Waals surface area (Å²) in [5.74, 6) is 0.211. The van der Waals surface area contributed by atoms with Gasteiger partial charge in [0.25, 0.3) is 0 Å². The van der Waals surface area contributed by atoms with Crippen molar-refractivity contribution in [1.29, 1.82) is 0 Å². The van der Waals surface area contributed by atoms with Gasteiger partial charge in [0.1, 0.15) is 19.7 Å². The number of carbonyl (C=O) groups excluding carboxylic acids is 2. The van der Waals surface area contributed by atoms with Crippen molar-refractivity contribution in [3.8, 4) is 0 Å². The average Bonchev–Trinajstić information content (AvgIpc) is 2.74. The minimum absolute atomic E-state index is 0.220. The van der Waals surface area contributed by atoms with Crippen LogP contribution in [0.3, 0.4) is 0 Å². The SMILES string of the molecule is CC.[B]c1ccc2c(c1)N(C)C(=C)N2C1CCC(=O)NC1=O. The maximum atomic E-state index is 12.1. The molecule has 1 N–H and O–H groups in total. The number of hydrogen-bond acceptors (Lipinski definition) is 4. The van der Waals surface area contributed by atoms with E-state index < -0.39 is 6.04 Å². The molecule has 1 aromatic rings. The number of carbonyl (C=O) groups is 2. The molecular formula is C16H20BN3O2. The van der Waals surface area contributed by atoms with Crippen molar-refractivity contribution in [2.75, 3.05) is 16.8 Å². The number of nitrogens with one attached hydrogen (secondary N) is 1. The fourth-order valence-electron chi connectivity index (χ4n) is 2.73. The van der Waals surface area contributed by atoms with Crippen molar-refractivity contribution < 1.29 is 9.59 Å². The van der Waals surface area contributed by atoms with E-state index in [1.807, 2.05) is 42.8 Å². The quantitative estimate of drug-likeness (QED) is 0.621. The van der Waals surface area contributed by atoms with E-state index >= 15 is 0 Å². The van der Waals surface area contributed by atoms with Crippen LogP contribution in [0, 0.1) is 0 Å². The van der Waals surface area contributed by atoms with Gasteiger partial charge >= 0.3 is 0 Å². The van der Waals surface area contributed by atoms with Crippen LogP contribution in [0.2, 0.25) is 0 Å². The summed E-state index contributed by atoms with van der Waals surface area (Å²) < 4.78 is 0. The molecule has 2 aliphatic rings. The zero-order chi connectivity index (χ0) is 16.4. The number of anilines is 2. The van der Waals surface area contributed by atoms with E-state index in [-0.39, 0.29) is 11.8 Å². The molecule has 0 spiro atoms. The van der Waals surface area contributed by atoms with Gasteiger partial charge in [0, 0.05) is 13.5 Å². The molecule has 3 rings (SSSR count). The lowest BCUT2D eigenvalue weighted by Gasteiger charge is -2.32. The molecule has 1 atom stereocenters. The van der Waals surface area contributed by atoms with Gasteiger partial charge in [0.05, 0.1) is 11.4 Å². The van der Waals surface area contributed by atoms with Gasteiger partial charge in [-0.1, -0.05) is 32.0 Å². The van der Waals surface area contributed by atoms with Gasteiger partial charge in [-0.2, -0.15) is 0 Å².